The van der Waals surface area contributed by atoms with Crippen molar-refractivity contribution in [1.29, 1.82) is 0 Å². The molecule has 162 valence electrons. The minimum Gasteiger partial charge on any atom is -0.493 e. The predicted molar refractivity (Wildman–Crippen MR) is 112 cm³/mol. The van der Waals surface area contributed by atoms with Crippen molar-refractivity contribution < 1.29 is 28.3 Å². The summed E-state index contributed by atoms with van der Waals surface area (Å²) in [6.07, 6.45) is 0.291. The number of hydrogen-bond acceptors (Lipinski definition) is 8. The van der Waals surface area contributed by atoms with E-state index in [1.165, 1.54) is 0 Å². The van der Waals surface area contributed by atoms with Crippen LogP contribution in [-0.2, 0) is 4.79 Å². The van der Waals surface area contributed by atoms with Crippen LogP contribution in [0.5, 0.6) is 23.0 Å². The largest absolute Gasteiger partial charge is 0.493 e. The maximum absolute atomic E-state index is 12.7. The van der Waals surface area contributed by atoms with E-state index in [4.69, 9.17) is 23.5 Å². The molecule has 1 aliphatic rings. The van der Waals surface area contributed by atoms with Gasteiger partial charge in [-0.2, -0.15) is 4.98 Å². The average Bonchev–Trinajstić information content (AvgIpc) is 3.45. The zero-order chi connectivity index (χ0) is 22.0. The van der Waals surface area contributed by atoms with Crippen LogP contribution in [0.2, 0.25) is 0 Å². The molecule has 1 fully saturated rings. The van der Waals surface area contributed by atoms with E-state index < -0.39 is 0 Å². The van der Waals surface area contributed by atoms with E-state index in [-0.39, 0.29) is 11.8 Å². The van der Waals surface area contributed by atoms with Gasteiger partial charge in [-0.25, -0.2) is 0 Å². The second kappa shape index (κ2) is 8.55. The van der Waals surface area contributed by atoms with Crippen LogP contribution in [0.3, 0.4) is 0 Å². The van der Waals surface area contributed by atoms with Crippen molar-refractivity contribution in [1.82, 2.24) is 10.1 Å². The summed E-state index contributed by atoms with van der Waals surface area (Å²) >= 11 is 0. The molecular weight excluding hydrogens is 402 g/mol. The van der Waals surface area contributed by atoms with Gasteiger partial charge in [-0.3, -0.25) is 4.79 Å². The Morgan fingerprint density at radius 3 is 2.23 bits per heavy atom. The molecule has 1 aliphatic heterocycles. The summed E-state index contributed by atoms with van der Waals surface area (Å²) < 4.78 is 26.7. The summed E-state index contributed by atoms with van der Waals surface area (Å²) in [5, 5.41) is 4.11. The topological polar surface area (TPSA) is 96.2 Å². The number of amides is 1. The zero-order valence-electron chi connectivity index (χ0n) is 17.7. The van der Waals surface area contributed by atoms with Crippen LogP contribution in [0.25, 0.3) is 11.5 Å². The second-order valence-electron chi connectivity index (χ2n) is 6.97. The van der Waals surface area contributed by atoms with E-state index in [9.17, 15) is 4.79 Å². The highest BCUT2D eigenvalue weighted by molar-refractivity contribution is 5.96. The lowest BCUT2D eigenvalue weighted by Crippen LogP contribution is -2.24. The molecule has 31 heavy (non-hydrogen) atoms. The molecule has 2 aromatic carbocycles. The Morgan fingerprint density at radius 1 is 0.903 bits per heavy atom. The first-order valence-corrected chi connectivity index (χ1v) is 9.66. The van der Waals surface area contributed by atoms with Gasteiger partial charge in [-0.1, -0.05) is 5.16 Å². The third-order valence-corrected chi connectivity index (χ3v) is 5.24. The molecule has 0 unspecified atom stereocenters. The number of hydrogen-bond donors (Lipinski definition) is 0. The fourth-order valence-electron chi connectivity index (χ4n) is 3.61. The molecule has 9 nitrogen and oxygen atoms in total. The summed E-state index contributed by atoms with van der Waals surface area (Å²) in [5.41, 5.74) is 1.44. The molecule has 0 aliphatic carbocycles. The average molecular weight is 425 g/mol. The van der Waals surface area contributed by atoms with Crippen molar-refractivity contribution in [2.24, 2.45) is 0 Å². The number of anilines is 1. The Hall–Kier alpha value is -3.75. The Bertz CT molecular complexity index is 1100. The van der Waals surface area contributed by atoms with Crippen molar-refractivity contribution in [2.75, 3.05) is 39.9 Å². The number of carbonyl (C=O) groups excluding carboxylic acids is 1. The number of methoxy groups -OCH3 is 4. The number of ether oxygens (including phenoxy) is 4. The van der Waals surface area contributed by atoms with Crippen LogP contribution in [-0.4, -0.2) is 51.0 Å². The predicted octanol–water partition coefficient (Wildman–Crippen LogP) is 3.29. The van der Waals surface area contributed by atoms with Crippen LogP contribution in [0.15, 0.2) is 40.9 Å². The molecule has 9 heteroatoms. The van der Waals surface area contributed by atoms with Crippen LogP contribution >= 0.6 is 0 Å². The van der Waals surface area contributed by atoms with Gasteiger partial charge in [0.2, 0.25) is 5.91 Å². The molecule has 1 atom stereocenters. The number of rotatable bonds is 7. The minimum atomic E-state index is -0.182. The van der Waals surface area contributed by atoms with E-state index in [0.29, 0.717) is 53.2 Å². The third-order valence-electron chi connectivity index (χ3n) is 5.24. The van der Waals surface area contributed by atoms with Gasteiger partial charge in [0.15, 0.2) is 28.8 Å². The maximum Gasteiger partial charge on any atom is 0.258 e. The molecule has 0 saturated carbocycles. The van der Waals surface area contributed by atoms with Crippen molar-refractivity contribution in [3.8, 4) is 34.5 Å². The first-order valence-electron chi connectivity index (χ1n) is 9.66. The van der Waals surface area contributed by atoms with Gasteiger partial charge in [-0.15, -0.1) is 0 Å². The van der Waals surface area contributed by atoms with E-state index >= 15 is 0 Å². The molecule has 1 saturated heterocycles. The Morgan fingerprint density at radius 2 is 1.55 bits per heavy atom. The normalized spacial score (nSPS) is 15.8. The smallest absolute Gasteiger partial charge is 0.258 e. The molecule has 0 N–H and O–H groups in total. The fourth-order valence-corrected chi connectivity index (χ4v) is 3.61. The molecule has 2 heterocycles. The van der Waals surface area contributed by atoms with Gasteiger partial charge in [-0.05, 0) is 30.3 Å². The van der Waals surface area contributed by atoms with Crippen LogP contribution in [0.1, 0.15) is 18.2 Å². The molecule has 4 rings (SSSR count). The van der Waals surface area contributed by atoms with Gasteiger partial charge in [0.1, 0.15) is 0 Å². The van der Waals surface area contributed by atoms with E-state index in [1.807, 2.05) is 12.1 Å². The molecule has 0 radical (unpaired) electrons. The lowest BCUT2D eigenvalue weighted by molar-refractivity contribution is -0.117. The number of nitrogens with zero attached hydrogens (tertiary/aromatic N) is 3. The molecule has 3 aromatic rings. The first kappa shape index (κ1) is 20.5. The lowest BCUT2D eigenvalue weighted by Gasteiger charge is -2.18. The highest BCUT2D eigenvalue weighted by atomic mass is 16.5. The van der Waals surface area contributed by atoms with Crippen LogP contribution < -0.4 is 23.8 Å². The quantitative estimate of drug-likeness (QED) is 0.569. The van der Waals surface area contributed by atoms with Crippen molar-refractivity contribution in [3.63, 3.8) is 0 Å². The summed E-state index contributed by atoms with van der Waals surface area (Å²) in [6, 6.07) is 10.7. The molecule has 0 spiro atoms. The summed E-state index contributed by atoms with van der Waals surface area (Å²) in [6.45, 7) is 0.444. The third kappa shape index (κ3) is 3.86. The van der Waals surface area contributed by atoms with Gasteiger partial charge in [0.05, 0.1) is 28.4 Å². The highest BCUT2D eigenvalue weighted by Gasteiger charge is 2.35. The summed E-state index contributed by atoms with van der Waals surface area (Å²) in [7, 11) is 6.27. The monoisotopic (exact) mass is 425 g/mol. The molecule has 1 aromatic heterocycles. The van der Waals surface area contributed by atoms with Gasteiger partial charge in [0.25, 0.3) is 5.89 Å². The van der Waals surface area contributed by atoms with Crippen molar-refractivity contribution in [3.05, 3.63) is 42.2 Å². The summed E-state index contributed by atoms with van der Waals surface area (Å²) in [4.78, 5) is 18.9. The Kier molecular flexibility index (Phi) is 5.66. The number of aromatic nitrogens is 2. The van der Waals surface area contributed by atoms with Crippen molar-refractivity contribution in [2.45, 2.75) is 12.3 Å². The Labute approximate surface area is 179 Å². The van der Waals surface area contributed by atoms with Gasteiger partial charge >= 0.3 is 0 Å². The summed E-state index contributed by atoms with van der Waals surface area (Å²) in [5.74, 6) is 2.98. The molecule has 1 amide bonds. The Balaban J connectivity index is 1.55. The van der Waals surface area contributed by atoms with E-state index in [0.717, 1.165) is 5.69 Å². The molecule has 0 bridgehead atoms. The maximum atomic E-state index is 12.7. The lowest BCUT2D eigenvalue weighted by atomic mass is 10.1. The first-order chi connectivity index (χ1) is 15.1. The van der Waals surface area contributed by atoms with E-state index in [1.54, 1.807) is 57.6 Å². The SMILES string of the molecule is COc1ccc(-c2nc([C@@H]3CC(=O)N(c4ccc(OC)c(OC)c4)C3)no2)cc1OC. The zero-order valence-corrected chi connectivity index (χ0v) is 17.7. The van der Waals surface area contributed by atoms with Crippen LogP contribution in [0.4, 0.5) is 5.69 Å². The van der Waals surface area contributed by atoms with Crippen molar-refractivity contribution >= 4 is 11.6 Å². The standard InChI is InChI=1S/C22H23N3O6/c1-27-16-7-5-13(9-18(16)29-3)22-23-21(24-31-22)14-10-20(26)25(12-14)15-6-8-17(28-2)19(11-15)30-4/h5-9,11,14H,10,12H2,1-4H3/t14-/m1/s1. The fraction of sp³-hybridized carbons (Fsp3) is 0.318. The van der Waals surface area contributed by atoms with Gasteiger partial charge < -0.3 is 28.4 Å². The highest BCUT2D eigenvalue weighted by Crippen LogP contribution is 2.37. The molecular formula is C22H23N3O6. The van der Waals surface area contributed by atoms with Gasteiger partial charge in [0, 0.05) is 36.2 Å². The number of carbonyl (C=O) groups is 1. The second-order valence-corrected chi connectivity index (χ2v) is 6.97. The number of benzene rings is 2. The van der Waals surface area contributed by atoms with E-state index in [2.05, 4.69) is 10.1 Å². The van der Waals surface area contributed by atoms with Crippen LogP contribution in [0, 0.1) is 0 Å². The minimum absolute atomic E-state index is 0.0188.